The number of hydrogen-bond acceptors (Lipinski definition) is 5. The van der Waals surface area contributed by atoms with Crippen LogP contribution in [0.15, 0.2) is 36.9 Å². The maximum Gasteiger partial charge on any atom is 0.230 e. The third-order valence-electron chi connectivity index (χ3n) is 1.74. The Morgan fingerprint density at radius 3 is 2.73 bits per heavy atom. The summed E-state index contributed by atoms with van der Waals surface area (Å²) in [6.45, 7) is 0. The van der Waals surface area contributed by atoms with Gasteiger partial charge in [0.05, 0.1) is 11.6 Å². The van der Waals surface area contributed by atoms with Crippen molar-refractivity contribution in [3.63, 3.8) is 0 Å². The molecule has 0 amide bonds. The fraction of sp³-hybridized carbons (Fsp3) is 0. The van der Waals surface area contributed by atoms with Gasteiger partial charge in [-0.15, -0.1) is 0 Å². The summed E-state index contributed by atoms with van der Waals surface area (Å²) < 4.78 is 0. The van der Waals surface area contributed by atoms with Gasteiger partial charge in [-0.25, -0.2) is 15.0 Å². The van der Waals surface area contributed by atoms with Gasteiger partial charge in [0, 0.05) is 5.69 Å². The van der Waals surface area contributed by atoms with Gasteiger partial charge in [0.2, 0.25) is 5.95 Å². The average molecular weight is 197 g/mol. The zero-order valence-corrected chi connectivity index (χ0v) is 7.75. The Bertz CT molecular complexity index is 489. The molecule has 1 N–H and O–H groups in total. The minimum Gasteiger partial charge on any atom is -0.324 e. The summed E-state index contributed by atoms with van der Waals surface area (Å²) in [5, 5.41) is 11.7. The first-order valence-electron chi connectivity index (χ1n) is 4.27. The second kappa shape index (κ2) is 4.15. The monoisotopic (exact) mass is 197 g/mol. The number of nitrogens with one attached hydrogen (secondary N) is 1. The molecule has 1 aromatic carbocycles. The Labute approximate surface area is 86.5 Å². The van der Waals surface area contributed by atoms with Gasteiger partial charge < -0.3 is 5.32 Å². The Morgan fingerprint density at radius 1 is 1.20 bits per heavy atom. The highest BCUT2D eigenvalue weighted by molar-refractivity contribution is 5.55. The van der Waals surface area contributed by atoms with E-state index >= 15 is 0 Å². The normalized spacial score (nSPS) is 9.27. The second-order valence-electron chi connectivity index (χ2n) is 2.78. The van der Waals surface area contributed by atoms with Crippen LogP contribution in [0, 0.1) is 11.3 Å². The molecule has 0 fully saturated rings. The zero-order valence-electron chi connectivity index (χ0n) is 7.75. The van der Waals surface area contributed by atoms with Crippen molar-refractivity contribution in [2.24, 2.45) is 0 Å². The van der Waals surface area contributed by atoms with Crippen LogP contribution in [0.4, 0.5) is 11.6 Å². The van der Waals surface area contributed by atoms with Crippen molar-refractivity contribution in [3.8, 4) is 6.07 Å². The van der Waals surface area contributed by atoms with Crippen LogP contribution >= 0.6 is 0 Å². The van der Waals surface area contributed by atoms with Crippen molar-refractivity contribution in [2.45, 2.75) is 0 Å². The highest BCUT2D eigenvalue weighted by atomic mass is 15.1. The lowest BCUT2D eigenvalue weighted by Crippen LogP contribution is -1.96. The third-order valence-corrected chi connectivity index (χ3v) is 1.74. The molecule has 2 aromatic rings. The number of nitriles is 1. The third kappa shape index (κ3) is 2.25. The van der Waals surface area contributed by atoms with E-state index in [2.05, 4.69) is 26.3 Å². The van der Waals surface area contributed by atoms with Crippen molar-refractivity contribution in [3.05, 3.63) is 42.5 Å². The molecule has 2 rings (SSSR count). The highest BCUT2D eigenvalue weighted by Gasteiger charge is 1.97. The molecular formula is C10H7N5. The summed E-state index contributed by atoms with van der Waals surface area (Å²) in [5.74, 6) is 0.458. The fourth-order valence-electron chi connectivity index (χ4n) is 1.10. The molecule has 0 aliphatic heterocycles. The van der Waals surface area contributed by atoms with E-state index in [0.29, 0.717) is 11.5 Å². The van der Waals surface area contributed by atoms with Gasteiger partial charge in [-0.05, 0) is 18.2 Å². The van der Waals surface area contributed by atoms with E-state index in [1.807, 2.05) is 6.07 Å². The fourth-order valence-corrected chi connectivity index (χ4v) is 1.10. The maximum atomic E-state index is 8.71. The van der Waals surface area contributed by atoms with Crippen LogP contribution in [0.1, 0.15) is 5.56 Å². The molecule has 0 aliphatic carbocycles. The van der Waals surface area contributed by atoms with E-state index in [1.165, 1.54) is 12.7 Å². The minimum absolute atomic E-state index is 0.458. The van der Waals surface area contributed by atoms with Gasteiger partial charge >= 0.3 is 0 Å². The van der Waals surface area contributed by atoms with Crippen LogP contribution in [0.2, 0.25) is 0 Å². The van der Waals surface area contributed by atoms with E-state index in [9.17, 15) is 0 Å². The van der Waals surface area contributed by atoms with Crippen LogP contribution in [0.3, 0.4) is 0 Å². The first-order valence-corrected chi connectivity index (χ1v) is 4.27. The number of benzene rings is 1. The van der Waals surface area contributed by atoms with Crippen molar-refractivity contribution >= 4 is 11.6 Å². The largest absolute Gasteiger partial charge is 0.324 e. The smallest absolute Gasteiger partial charge is 0.230 e. The van der Waals surface area contributed by atoms with Crippen LogP contribution in [0.5, 0.6) is 0 Å². The Balaban J connectivity index is 2.22. The summed E-state index contributed by atoms with van der Waals surface area (Å²) in [5.41, 5.74) is 1.37. The molecule has 0 saturated carbocycles. The van der Waals surface area contributed by atoms with Crippen molar-refractivity contribution < 1.29 is 0 Å². The molecule has 1 heterocycles. The quantitative estimate of drug-likeness (QED) is 0.789. The van der Waals surface area contributed by atoms with Gasteiger partial charge in [0.15, 0.2) is 0 Å². The highest BCUT2D eigenvalue weighted by Crippen LogP contribution is 2.13. The SMILES string of the molecule is N#Cc1cccc(Nc2ncncn2)c1. The second-order valence-corrected chi connectivity index (χ2v) is 2.78. The Morgan fingerprint density at radius 2 is 2.00 bits per heavy atom. The number of nitrogens with zero attached hydrogens (tertiary/aromatic N) is 4. The minimum atomic E-state index is 0.458. The molecule has 1 aromatic heterocycles. The molecule has 15 heavy (non-hydrogen) atoms. The topological polar surface area (TPSA) is 74.5 Å². The van der Waals surface area contributed by atoms with E-state index in [-0.39, 0.29) is 0 Å². The first kappa shape index (κ1) is 9.09. The summed E-state index contributed by atoms with van der Waals surface area (Å²) in [6.07, 6.45) is 2.81. The number of hydrogen-bond donors (Lipinski definition) is 1. The molecule has 5 heteroatoms. The molecule has 0 spiro atoms. The molecule has 0 aliphatic rings. The predicted molar refractivity (Wildman–Crippen MR) is 54.3 cm³/mol. The van der Waals surface area contributed by atoms with Crippen molar-refractivity contribution in [2.75, 3.05) is 5.32 Å². The van der Waals surface area contributed by atoms with Gasteiger partial charge in [-0.2, -0.15) is 5.26 Å². The van der Waals surface area contributed by atoms with Crippen LogP contribution in [-0.4, -0.2) is 15.0 Å². The summed E-state index contributed by atoms with van der Waals surface area (Å²) in [4.78, 5) is 11.5. The molecule has 0 radical (unpaired) electrons. The average Bonchev–Trinajstić information content (AvgIpc) is 2.31. The zero-order chi connectivity index (χ0) is 10.5. The van der Waals surface area contributed by atoms with Gasteiger partial charge in [0.1, 0.15) is 12.7 Å². The van der Waals surface area contributed by atoms with Crippen LogP contribution < -0.4 is 5.32 Å². The lowest BCUT2D eigenvalue weighted by molar-refractivity contribution is 1.05. The predicted octanol–water partition coefficient (Wildman–Crippen LogP) is 1.49. The van der Waals surface area contributed by atoms with Crippen LogP contribution in [0.25, 0.3) is 0 Å². The van der Waals surface area contributed by atoms with Gasteiger partial charge in [-0.3, -0.25) is 0 Å². The van der Waals surface area contributed by atoms with Gasteiger partial charge in [0.25, 0.3) is 0 Å². The number of anilines is 2. The summed E-state index contributed by atoms with van der Waals surface area (Å²) >= 11 is 0. The molecule has 0 bridgehead atoms. The maximum absolute atomic E-state index is 8.71. The molecule has 0 saturated heterocycles. The summed E-state index contributed by atoms with van der Waals surface area (Å²) in [7, 11) is 0. The van der Waals surface area contributed by atoms with E-state index in [4.69, 9.17) is 5.26 Å². The van der Waals surface area contributed by atoms with E-state index in [0.717, 1.165) is 5.69 Å². The summed E-state index contributed by atoms with van der Waals surface area (Å²) in [6, 6.07) is 9.15. The number of aromatic nitrogens is 3. The Kier molecular flexibility index (Phi) is 2.52. The Hall–Kier alpha value is -2.48. The van der Waals surface area contributed by atoms with Crippen molar-refractivity contribution in [1.82, 2.24) is 15.0 Å². The lowest BCUT2D eigenvalue weighted by Gasteiger charge is -2.02. The molecule has 0 unspecified atom stereocenters. The molecule has 72 valence electrons. The molecule has 5 nitrogen and oxygen atoms in total. The van der Waals surface area contributed by atoms with Crippen molar-refractivity contribution in [1.29, 1.82) is 5.26 Å². The van der Waals surface area contributed by atoms with E-state index < -0.39 is 0 Å². The van der Waals surface area contributed by atoms with Crippen LogP contribution in [-0.2, 0) is 0 Å². The molecular weight excluding hydrogens is 190 g/mol. The van der Waals surface area contributed by atoms with Gasteiger partial charge in [-0.1, -0.05) is 6.07 Å². The molecule has 0 atom stereocenters. The number of rotatable bonds is 2. The lowest BCUT2D eigenvalue weighted by atomic mass is 10.2. The first-order chi connectivity index (χ1) is 7.38. The standard InChI is InChI=1S/C10H7N5/c11-5-8-2-1-3-9(4-8)15-10-13-6-12-7-14-10/h1-4,6-7H,(H,12,13,14,15). The van der Waals surface area contributed by atoms with E-state index in [1.54, 1.807) is 18.2 Å².